The second-order valence-corrected chi connectivity index (χ2v) is 10.5. The molecule has 1 amide bonds. The van der Waals surface area contributed by atoms with Crippen molar-refractivity contribution >= 4 is 26.9 Å². The number of nitrogens with zero attached hydrogens (tertiary/aromatic N) is 3. The van der Waals surface area contributed by atoms with Crippen LogP contribution in [0, 0.1) is 5.92 Å². The van der Waals surface area contributed by atoms with E-state index in [1.807, 2.05) is 38.1 Å². The molecule has 4 aromatic rings. The van der Waals surface area contributed by atoms with E-state index in [4.69, 9.17) is 4.42 Å². The summed E-state index contributed by atoms with van der Waals surface area (Å²) in [6, 6.07) is 16.4. The van der Waals surface area contributed by atoms with Gasteiger partial charge in [-0.1, -0.05) is 26.0 Å². The molecule has 0 fully saturated rings. The summed E-state index contributed by atoms with van der Waals surface area (Å²) in [5, 5.41) is 0.673. The van der Waals surface area contributed by atoms with Crippen LogP contribution in [0.3, 0.4) is 0 Å². The first kappa shape index (κ1) is 24.6. The normalized spacial score (nSPS) is 12.7. The van der Waals surface area contributed by atoms with Gasteiger partial charge >= 0.3 is 0 Å². The first-order chi connectivity index (χ1) is 16.8. The van der Waals surface area contributed by atoms with Gasteiger partial charge in [0.2, 0.25) is 15.9 Å². The Bertz CT molecular complexity index is 1330. The molecule has 182 valence electrons. The van der Waals surface area contributed by atoms with Crippen LogP contribution < -0.4 is 4.72 Å². The molecule has 0 aliphatic heterocycles. The summed E-state index contributed by atoms with van der Waals surface area (Å²) in [7, 11) is -3.97. The largest absolute Gasteiger partial charge is 0.464 e. The lowest BCUT2D eigenvalue weighted by Gasteiger charge is -2.28. The molecular weight excluding hydrogens is 464 g/mol. The molecule has 3 heterocycles. The highest BCUT2D eigenvalue weighted by molar-refractivity contribution is 7.89. The number of fused-ring (bicyclic) bond motifs is 1. The van der Waals surface area contributed by atoms with Crippen LogP contribution in [0.2, 0.25) is 0 Å². The Morgan fingerprint density at radius 1 is 0.971 bits per heavy atom. The SMILES string of the molecule is CC(C)C[C@H](NS(=O)(=O)c1ccc2occc2c1)C(=O)N(Cc1ccccn1)Cc1ccccn1. The molecule has 0 aliphatic rings. The van der Waals surface area contributed by atoms with E-state index in [1.54, 1.807) is 41.6 Å². The van der Waals surface area contributed by atoms with Crippen LogP contribution in [-0.2, 0) is 27.9 Å². The van der Waals surface area contributed by atoms with Crippen LogP contribution in [0.5, 0.6) is 0 Å². The topological polar surface area (TPSA) is 105 Å². The van der Waals surface area contributed by atoms with E-state index in [1.165, 1.54) is 18.4 Å². The summed E-state index contributed by atoms with van der Waals surface area (Å²) in [5.74, 6) is -0.252. The van der Waals surface area contributed by atoms with Crippen molar-refractivity contribution in [3.8, 4) is 0 Å². The molecule has 1 aromatic carbocycles. The van der Waals surface area contributed by atoms with Gasteiger partial charge < -0.3 is 9.32 Å². The smallest absolute Gasteiger partial charge is 0.241 e. The third-order valence-electron chi connectivity index (χ3n) is 5.51. The molecule has 1 atom stereocenters. The molecule has 8 nitrogen and oxygen atoms in total. The van der Waals surface area contributed by atoms with E-state index in [2.05, 4.69) is 14.7 Å². The molecule has 0 saturated carbocycles. The first-order valence-corrected chi connectivity index (χ1v) is 12.9. The van der Waals surface area contributed by atoms with Crippen molar-refractivity contribution in [2.75, 3.05) is 0 Å². The standard InChI is InChI=1S/C26H28N4O4S/c1-19(2)15-24(29-35(32,33)23-9-10-25-20(16-23)11-14-34-25)26(31)30(17-21-7-3-5-12-27-21)18-22-8-4-6-13-28-22/h3-14,16,19,24,29H,15,17-18H2,1-2H3/t24-/m0/s1. The monoisotopic (exact) mass is 492 g/mol. The predicted octanol–water partition coefficient (Wildman–Crippen LogP) is 4.14. The Kier molecular flexibility index (Phi) is 7.57. The van der Waals surface area contributed by atoms with Crippen molar-refractivity contribution in [1.82, 2.24) is 19.6 Å². The summed E-state index contributed by atoms with van der Waals surface area (Å²) in [5.41, 5.74) is 2.00. The highest BCUT2D eigenvalue weighted by atomic mass is 32.2. The Morgan fingerprint density at radius 2 is 1.63 bits per heavy atom. The van der Waals surface area contributed by atoms with Crippen molar-refractivity contribution < 1.29 is 17.6 Å². The van der Waals surface area contributed by atoms with Gasteiger partial charge in [0.25, 0.3) is 0 Å². The van der Waals surface area contributed by atoms with Crippen LogP contribution in [0.25, 0.3) is 11.0 Å². The molecule has 0 unspecified atom stereocenters. The molecule has 4 rings (SSSR count). The third-order valence-corrected chi connectivity index (χ3v) is 6.98. The minimum absolute atomic E-state index is 0.0777. The minimum Gasteiger partial charge on any atom is -0.464 e. The zero-order chi connectivity index (χ0) is 24.8. The Labute approximate surface area is 205 Å². The predicted molar refractivity (Wildman–Crippen MR) is 133 cm³/mol. The molecule has 0 spiro atoms. The Morgan fingerprint density at radius 3 is 2.20 bits per heavy atom. The summed E-state index contributed by atoms with van der Waals surface area (Å²) in [6.45, 7) is 4.36. The van der Waals surface area contributed by atoms with Crippen molar-refractivity contribution in [2.45, 2.75) is 44.3 Å². The van der Waals surface area contributed by atoms with Crippen LogP contribution in [0.1, 0.15) is 31.7 Å². The number of hydrogen-bond acceptors (Lipinski definition) is 6. The van der Waals surface area contributed by atoms with E-state index in [0.29, 0.717) is 28.8 Å². The lowest BCUT2D eigenvalue weighted by atomic mass is 10.0. The van der Waals surface area contributed by atoms with Gasteiger partial charge in [-0.3, -0.25) is 14.8 Å². The number of pyridine rings is 2. The number of furan rings is 1. The summed E-state index contributed by atoms with van der Waals surface area (Å²) in [6.07, 6.45) is 5.18. The number of benzene rings is 1. The second-order valence-electron chi connectivity index (χ2n) is 8.76. The Balaban J connectivity index is 1.63. The van der Waals surface area contributed by atoms with Gasteiger partial charge in [0, 0.05) is 17.8 Å². The maximum absolute atomic E-state index is 13.8. The fourth-order valence-corrected chi connectivity index (χ4v) is 5.08. The number of hydrogen-bond donors (Lipinski definition) is 1. The van der Waals surface area contributed by atoms with Gasteiger partial charge in [-0.2, -0.15) is 4.72 Å². The molecule has 35 heavy (non-hydrogen) atoms. The summed E-state index contributed by atoms with van der Waals surface area (Å²) >= 11 is 0. The van der Waals surface area contributed by atoms with E-state index in [9.17, 15) is 13.2 Å². The number of aromatic nitrogens is 2. The van der Waals surface area contributed by atoms with Gasteiger partial charge in [-0.05, 0) is 60.9 Å². The van der Waals surface area contributed by atoms with Crippen LogP contribution >= 0.6 is 0 Å². The number of rotatable bonds is 10. The summed E-state index contributed by atoms with van der Waals surface area (Å²) in [4.78, 5) is 24.2. The molecule has 3 aromatic heterocycles. The molecular formula is C26H28N4O4S. The number of amides is 1. The zero-order valence-corrected chi connectivity index (χ0v) is 20.5. The van der Waals surface area contributed by atoms with Crippen LogP contribution in [0.15, 0.2) is 88.6 Å². The van der Waals surface area contributed by atoms with E-state index in [-0.39, 0.29) is 29.8 Å². The third kappa shape index (κ3) is 6.32. The fourth-order valence-electron chi connectivity index (χ4n) is 3.84. The molecule has 0 radical (unpaired) electrons. The molecule has 0 saturated heterocycles. The molecule has 0 bridgehead atoms. The molecule has 9 heteroatoms. The van der Waals surface area contributed by atoms with Crippen molar-refractivity contribution in [3.63, 3.8) is 0 Å². The van der Waals surface area contributed by atoms with Crippen LogP contribution in [0.4, 0.5) is 0 Å². The van der Waals surface area contributed by atoms with Gasteiger partial charge in [0.1, 0.15) is 11.6 Å². The zero-order valence-electron chi connectivity index (χ0n) is 19.7. The van der Waals surface area contributed by atoms with Gasteiger partial charge in [0.15, 0.2) is 0 Å². The van der Waals surface area contributed by atoms with Crippen molar-refractivity contribution in [2.24, 2.45) is 5.92 Å². The maximum Gasteiger partial charge on any atom is 0.241 e. The van der Waals surface area contributed by atoms with E-state index >= 15 is 0 Å². The second kappa shape index (κ2) is 10.8. The number of sulfonamides is 1. The van der Waals surface area contributed by atoms with Crippen molar-refractivity contribution in [1.29, 1.82) is 0 Å². The number of nitrogens with one attached hydrogen (secondary N) is 1. The lowest BCUT2D eigenvalue weighted by molar-refractivity contribution is -0.134. The van der Waals surface area contributed by atoms with Crippen LogP contribution in [-0.4, -0.2) is 35.2 Å². The van der Waals surface area contributed by atoms with E-state index in [0.717, 1.165) is 0 Å². The van der Waals surface area contributed by atoms with Gasteiger partial charge in [0.05, 0.1) is 35.6 Å². The highest BCUT2D eigenvalue weighted by Crippen LogP contribution is 2.21. The highest BCUT2D eigenvalue weighted by Gasteiger charge is 2.30. The fraction of sp³-hybridized carbons (Fsp3) is 0.269. The van der Waals surface area contributed by atoms with Gasteiger partial charge in [-0.25, -0.2) is 8.42 Å². The summed E-state index contributed by atoms with van der Waals surface area (Å²) < 4.78 is 34.6. The number of carbonyl (C=O) groups is 1. The molecule has 0 aliphatic carbocycles. The Hall–Kier alpha value is -3.56. The average molecular weight is 493 g/mol. The van der Waals surface area contributed by atoms with Crippen molar-refractivity contribution in [3.05, 3.63) is 90.7 Å². The lowest BCUT2D eigenvalue weighted by Crippen LogP contribution is -2.48. The average Bonchev–Trinajstić information content (AvgIpc) is 3.32. The maximum atomic E-state index is 13.8. The minimum atomic E-state index is -3.97. The molecule has 1 N–H and O–H groups in total. The number of carbonyl (C=O) groups excluding carboxylic acids is 1. The van der Waals surface area contributed by atoms with E-state index < -0.39 is 16.1 Å². The van der Waals surface area contributed by atoms with Gasteiger partial charge in [-0.15, -0.1) is 0 Å². The first-order valence-electron chi connectivity index (χ1n) is 11.4. The quantitative estimate of drug-likeness (QED) is 0.357.